The van der Waals surface area contributed by atoms with Gasteiger partial charge in [0, 0.05) is 24.0 Å². The van der Waals surface area contributed by atoms with E-state index in [1.165, 1.54) is 12.1 Å². The van der Waals surface area contributed by atoms with Gasteiger partial charge in [0.25, 0.3) is 0 Å². The van der Waals surface area contributed by atoms with Crippen LogP contribution in [0.3, 0.4) is 0 Å². The molecule has 2 aromatic heterocycles. The molecule has 2 heterocycles. The molecule has 3 aromatic rings. The van der Waals surface area contributed by atoms with Crippen LogP contribution in [-0.4, -0.2) is 9.97 Å². The Hall–Kier alpha value is -2.40. The van der Waals surface area contributed by atoms with Gasteiger partial charge in [-0.3, -0.25) is 0 Å². The maximum absolute atomic E-state index is 12.9. The summed E-state index contributed by atoms with van der Waals surface area (Å²) in [6.07, 6.45) is 3.43. The van der Waals surface area contributed by atoms with Crippen LogP contribution in [0.1, 0.15) is 11.5 Å². The van der Waals surface area contributed by atoms with Gasteiger partial charge in [0.2, 0.25) is 0 Å². The largest absolute Gasteiger partial charge is 0.460 e. The number of nitrogens with one attached hydrogen (secondary N) is 2. The molecule has 0 aliphatic heterocycles. The lowest BCUT2D eigenvalue weighted by molar-refractivity contribution is 0.492. The number of aromatic nitrogens is 2. The van der Waals surface area contributed by atoms with E-state index >= 15 is 0 Å². The molecule has 3 rings (SSSR count). The standard InChI is InChI=1S/C15H14FN3O/c16-12-3-1-11(2-4-12)15-6-5-14(20-15)9-17-7-13-8-18-10-19-13/h1-6,8,10,17H,7,9H2,(H,18,19). The summed E-state index contributed by atoms with van der Waals surface area (Å²) < 4.78 is 18.6. The quantitative estimate of drug-likeness (QED) is 0.749. The zero-order chi connectivity index (χ0) is 13.8. The highest BCUT2D eigenvalue weighted by molar-refractivity contribution is 5.57. The minimum Gasteiger partial charge on any atom is -0.460 e. The molecule has 0 aliphatic carbocycles. The number of furan rings is 1. The summed E-state index contributed by atoms with van der Waals surface area (Å²) in [6.45, 7) is 1.33. The number of H-pyrrole nitrogens is 1. The first-order valence-corrected chi connectivity index (χ1v) is 6.34. The van der Waals surface area contributed by atoms with E-state index in [9.17, 15) is 4.39 Å². The first-order valence-electron chi connectivity index (χ1n) is 6.34. The van der Waals surface area contributed by atoms with E-state index in [4.69, 9.17) is 4.42 Å². The number of nitrogens with zero attached hydrogens (tertiary/aromatic N) is 1. The molecule has 0 saturated carbocycles. The average Bonchev–Trinajstić information content (AvgIpc) is 3.11. The molecule has 0 atom stereocenters. The molecule has 0 fully saturated rings. The van der Waals surface area contributed by atoms with E-state index in [-0.39, 0.29) is 5.82 Å². The Morgan fingerprint density at radius 3 is 2.70 bits per heavy atom. The van der Waals surface area contributed by atoms with Gasteiger partial charge in [-0.25, -0.2) is 9.37 Å². The zero-order valence-electron chi connectivity index (χ0n) is 10.8. The summed E-state index contributed by atoms with van der Waals surface area (Å²) in [7, 11) is 0. The summed E-state index contributed by atoms with van der Waals surface area (Å²) in [4.78, 5) is 6.97. The highest BCUT2D eigenvalue weighted by atomic mass is 19.1. The fraction of sp³-hybridized carbons (Fsp3) is 0.133. The number of aromatic amines is 1. The van der Waals surface area contributed by atoms with Gasteiger partial charge in [0.1, 0.15) is 17.3 Å². The van der Waals surface area contributed by atoms with Crippen molar-refractivity contribution in [2.45, 2.75) is 13.1 Å². The molecule has 0 bridgehead atoms. The molecule has 0 spiro atoms. The Morgan fingerprint density at radius 1 is 1.10 bits per heavy atom. The summed E-state index contributed by atoms with van der Waals surface area (Å²) in [5.74, 6) is 1.33. The molecular weight excluding hydrogens is 257 g/mol. The van der Waals surface area contributed by atoms with Crippen LogP contribution in [0.15, 0.2) is 53.3 Å². The molecule has 20 heavy (non-hydrogen) atoms. The number of hydrogen-bond acceptors (Lipinski definition) is 3. The van der Waals surface area contributed by atoms with Gasteiger partial charge in [-0.1, -0.05) is 0 Å². The molecule has 102 valence electrons. The van der Waals surface area contributed by atoms with Crippen molar-refractivity contribution >= 4 is 0 Å². The predicted octanol–water partition coefficient (Wildman–Crippen LogP) is 3.10. The smallest absolute Gasteiger partial charge is 0.134 e. The van der Waals surface area contributed by atoms with Crippen LogP contribution < -0.4 is 5.32 Å². The summed E-state index contributed by atoms with van der Waals surface area (Å²) >= 11 is 0. The van der Waals surface area contributed by atoms with Gasteiger partial charge in [0.15, 0.2) is 0 Å². The first kappa shape index (κ1) is 12.6. The summed E-state index contributed by atoms with van der Waals surface area (Å²) in [5, 5.41) is 3.25. The third-order valence-corrected chi connectivity index (χ3v) is 2.96. The van der Waals surface area contributed by atoms with E-state index in [1.54, 1.807) is 24.7 Å². The van der Waals surface area contributed by atoms with Crippen LogP contribution in [0.4, 0.5) is 4.39 Å². The highest BCUT2D eigenvalue weighted by Crippen LogP contribution is 2.22. The van der Waals surface area contributed by atoms with E-state index < -0.39 is 0 Å². The van der Waals surface area contributed by atoms with Crippen LogP contribution in [-0.2, 0) is 13.1 Å². The topological polar surface area (TPSA) is 53.9 Å². The second kappa shape index (κ2) is 5.71. The van der Waals surface area contributed by atoms with Crippen molar-refractivity contribution in [1.82, 2.24) is 15.3 Å². The monoisotopic (exact) mass is 271 g/mol. The van der Waals surface area contributed by atoms with Gasteiger partial charge in [-0.2, -0.15) is 0 Å². The number of rotatable bonds is 5. The molecule has 1 aromatic carbocycles. The molecule has 0 aliphatic rings. The summed E-state index contributed by atoms with van der Waals surface area (Å²) in [6, 6.07) is 10.1. The third kappa shape index (κ3) is 2.95. The molecule has 4 nitrogen and oxygen atoms in total. The fourth-order valence-corrected chi connectivity index (χ4v) is 1.94. The van der Waals surface area contributed by atoms with Crippen molar-refractivity contribution in [3.8, 4) is 11.3 Å². The Kier molecular flexibility index (Phi) is 3.60. The van der Waals surface area contributed by atoms with Gasteiger partial charge >= 0.3 is 0 Å². The molecule has 0 unspecified atom stereocenters. The number of benzene rings is 1. The minimum atomic E-state index is -0.248. The van der Waals surface area contributed by atoms with Crippen molar-refractivity contribution in [3.05, 3.63) is 66.2 Å². The molecular formula is C15H14FN3O. The predicted molar refractivity (Wildman–Crippen MR) is 73.2 cm³/mol. The van der Waals surface area contributed by atoms with Crippen molar-refractivity contribution < 1.29 is 8.81 Å². The normalized spacial score (nSPS) is 10.8. The van der Waals surface area contributed by atoms with Crippen LogP contribution in [0, 0.1) is 5.82 Å². The van der Waals surface area contributed by atoms with Crippen LogP contribution in [0.5, 0.6) is 0 Å². The summed E-state index contributed by atoms with van der Waals surface area (Å²) in [5.41, 5.74) is 1.89. The molecule has 0 radical (unpaired) electrons. The number of halogens is 1. The van der Waals surface area contributed by atoms with Crippen molar-refractivity contribution in [3.63, 3.8) is 0 Å². The van der Waals surface area contributed by atoms with Crippen molar-refractivity contribution in [2.24, 2.45) is 0 Å². The zero-order valence-corrected chi connectivity index (χ0v) is 10.8. The molecule has 5 heteroatoms. The van der Waals surface area contributed by atoms with Gasteiger partial charge < -0.3 is 14.7 Å². The lowest BCUT2D eigenvalue weighted by atomic mass is 10.2. The van der Waals surface area contributed by atoms with Crippen LogP contribution in [0.25, 0.3) is 11.3 Å². The maximum Gasteiger partial charge on any atom is 0.134 e. The van der Waals surface area contributed by atoms with E-state index in [0.717, 1.165) is 22.8 Å². The first-order chi connectivity index (χ1) is 9.81. The minimum absolute atomic E-state index is 0.248. The van der Waals surface area contributed by atoms with Crippen LogP contribution >= 0.6 is 0 Å². The Balaban J connectivity index is 1.60. The van der Waals surface area contributed by atoms with Crippen LogP contribution in [0.2, 0.25) is 0 Å². The van der Waals surface area contributed by atoms with E-state index in [2.05, 4.69) is 15.3 Å². The lowest BCUT2D eigenvalue weighted by Gasteiger charge is -2.00. The molecule has 0 saturated heterocycles. The Labute approximate surface area is 115 Å². The SMILES string of the molecule is Fc1ccc(-c2ccc(CNCc3cnc[nH]3)o2)cc1. The number of imidazole rings is 1. The maximum atomic E-state index is 12.9. The third-order valence-electron chi connectivity index (χ3n) is 2.96. The van der Waals surface area contributed by atoms with E-state index in [0.29, 0.717) is 13.1 Å². The van der Waals surface area contributed by atoms with Gasteiger partial charge in [0.05, 0.1) is 12.9 Å². The molecule has 0 amide bonds. The average molecular weight is 271 g/mol. The van der Waals surface area contributed by atoms with Gasteiger partial charge in [-0.15, -0.1) is 0 Å². The fourth-order valence-electron chi connectivity index (χ4n) is 1.94. The van der Waals surface area contributed by atoms with E-state index in [1.807, 2.05) is 12.1 Å². The second-order valence-corrected chi connectivity index (χ2v) is 4.45. The second-order valence-electron chi connectivity index (χ2n) is 4.45. The lowest BCUT2D eigenvalue weighted by Crippen LogP contribution is -2.12. The van der Waals surface area contributed by atoms with Gasteiger partial charge in [-0.05, 0) is 36.4 Å². The number of hydrogen-bond donors (Lipinski definition) is 2. The van der Waals surface area contributed by atoms with Crippen molar-refractivity contribution in [2.75, 3.05) is 0 Å². The molecule has 2 N–H and O–H groups in total. The Bertz CT molecular complexity index is 659. The highest BCUT2D eigenvalue weighted by Gasteiger charge is 2.05. The van der Waals surface area contributed by atoms with Crippen molar-refractivity contribution in [1.29, 1.82) is 0 Å². The Morgan fingerprint density at radius 2 is 1.95 bits per heavy atom.